The molecule has 0 spiro atoms. The first-order valence-electron chi connectivity index (χ1n) is 18.0. The van der Waals surface area contributed by atoms with Gasteiger partial charge < -0.3 is 55.4 Å². The van der Waals surface area contributed by atoms with Gasteiger partial charge in [0.15, 0.2) is 29.0 Å². The molecule has 2 aliphatic rings. The molecule has 59 heavy (non-hydrogen) atoms. The molecule has 2 aromatic carbocycles. The summed E-state index contributed by atoms with van der Waals surface area (Å²) in [6.45, 7) is 8.90. The number of rotatable bonds is 9. The van der Waals surface area contributed by atoms with E-state index in [1.165, 1.54) is 23.4 Å². The smallest absolute Gasteiger partial charge is 1.00 e. The SMILES string of the molecule is C.CC[C@H]1OC(=O)[C@H](OCc2ccccc2)[C@@H]1C.CC[C@H]1OC(O)(c2cnc3c(N)ncnn23)[C@H](OCc2ccccc2)[C@@H]1C.Nc1ncnn2c(Br)cnc12.[CH3-].[Cl-].[Mg+2]. The Kier molecular flexibility index (Phi) is 20.0. The molecule has 6 heterocycles. The minimum absolute atomic E-state index is 0. The number of aliphatic hydroxyl groups is 1. The Morgan fingerprint density at radius 2 is 1.31 bits per heavy atom. The van der Waals surface area contributed by atoms with E-state index in [1.807, 2.05) is 88.4 Å². The van der Waals surface area contributed by atoms with Gasteiger partial charge in [0.1, 0.15) is 35.2 Å². The first-order valence-corrected chi connectivity index (χ1v) is 18.8. The van der Waals surface area contributed by atoms with Crippen molar-refractivity contribution in [2.75, 3.05) is 11.5 Å². The number of anilines is 2. The Balaban J connectivity index is 0.000000323. The van der Waals surface area contributed by atoms with E-state index in [9.17, 15) is 9.90 Å². The third-order valence-corrected chi connectivity index (χ3v) is 10.2. The first-order chi connectivity index (χ1) is 26.5. The van der Waals surface area contributed by atoms with Crippen molar-refractivity contribution in [2.45, 2.75) is 91.4 Å². The molecule has 19 heteroatoms. The Hall–Kier alpha value is -4.01. The number of cyclic esters (lactones) is 1. The van der Waals surface area contributed by atoms with E-state index in [2.05, 4.69) is 46.1 Å². The Labute approximate surface area is 375 Å². The maximum atomic E-state index is 11.6. The molecule has 5 N–H and O–H groups in total. The van der Waals surface area contributed by atoms with Crippen LogP contribution in [0, 0.1) is 19.3 Å². The summed E-state index contributed by atoms with van der Waals surface area (Å²) in [4.78, 5) is 27.6. The third-order valence-electron chi connectivity index (χ3n) is 9.68. The van der Waals surface area contributed by atoms with Crippen LogP contribution >= 0.6 is 15.9 Å². The second-order valence-electron chi connectivity index (χ2n) is 13.3. The van der Waals surface area contributed by atoms with Crippen molar-refractivity contribution >= 4 is 67.9 Å². The molecule has 2 fully saturated rings. The van der Waals surface area contributed by atoms with E-state index in [4.69, 9.17) is 30.4 Å². The minimum Gasteiger partial charge on any atom is -1.00 e. The zero-order valence-electron chi connectivity index (χ0n) is 33.1. The van der Waals surface area contributed by atoms with Crippen LogP contribution in [0.1, 0.15) is 64.8 Å². The fourth-order valence-corrected chi connectivity index (χ4v) is 7.06. The standard InChI is InChI=1S/C19H23N5O3.C14H18O3.C5H4BrN5.CH4.CH3.ClH.Mg/c1-3-14-12(2)16(26-10-13-7-5-4-6-8-13)19(25,27-14)15-9-21-18-17(20)22-11-23-24(15)18;1-3-12-10(2)13(14(15)17-12)16-9-11-7-5-4-6-8-11;6-3-1-8-5-4(7)9-2-10-11(3)5;;;;/h4-9,11-12,14,16,25H,3,10H2,1-2H3,(H2,20,22,23);4-8,10,12-13H,3,9H2,1-2H3;1-2H,(H2,7,9,10);1H4;1H3;1H;/q;;;;-1;;+2/p-1/t12-,14-,16-,19?;10-,12-,13-;;;;;/m11...../s1. The Morgan fingerprint density at radius 3 is 1.83 bits per heavy atom. The fraction of sp³-hybridized carbons (Fsp3) is 0.400. The molecule has 0 radical (unpaired) electrons. The van der Waals surface area contributed by atoms with Gasteiger partial charge in [0.05, 0.1) is 31.7 Å². The summed E-state index contributed by atoms with van der Waals surface area (Å²) >= 11 is 3.26. The molecule has 0 aliphatic carbocycles. The van der Waals surface area contributed by atoms with Crippen LogP contribution in [0.3, 0.4) is 0 Å². The van der Waals surface area contributed by atoms with Crippen LogP contribution in [0.25, 0.3) is 11.3 Å². The Morgan fingerprint density at radius 1 is 0.797 bits per heavy atom. The van der Waals surface area contributed by atoms with Gasteiger partial charge in [-0.05, 0) is 39.9 Å². The van der Waals surface area contributed by atoms with Gasteiger partial charge in [0.25, 0.3) is 0 Å². The number of esters is 1. The summed E-state index contributed by atoms with van der Waals surface area (Å²) < 4.78 is 27.0. The van der Waals surface area contributed by atoms with Crippen LogP contribution in [0.2, 0.25) is 0 Å². The van der Waals surface area contributed by atoms with Crippen LogP contribution in [0.4, 0.5) is 11.6 Å². The fourth-order valence-electron chi connectivity index (χ4n) is 6.70. The number of hydrogen-bond donors (Lipinski definition) is 3. The van der Waals surface area contributed by atoms with Gasteiger partial charge in [-0.15, -0.1) is 0 Å². The van der Waals surface area contributed by atoms with Gasteiger partial charge in [0, 0.05) is 11.8 Å². The number of hydrogen-bond acceptors (Lipinski definition) is 14. The maximum absolute atomic E-state index is 11.6. The van der Waals surface area contributed by atoms with E-state index in [1.54, 1.807) is 10.7 Å². The molecule has 8 rings (SSSR count). The van der Waals surface area contributed by atoms with Gasteiger partial charge in [-0.1, -0.05) is 95.8 Å². The number of ether oxygens (including phenoxy) is 4. The van der Waals surface area contributed by atoms with Crippen LogP contribution < -0.4 is 23.9 Å². The number of imidazole rings is 2. The number of benzene rings is 2. The van der Waals surface area contributed by atoms with Crippen molar-refractivity contribution in [1.82, 2.24) is 39.2 Å². The molecular formula is C40H52BrClMgN10O6. The third kappa shape index (κ3) is 11.4. The van der Waals surface area contributed by atoms with Crippen molar-refractivity contribution < 1.29 is 41.3 Å². The first kappa shape index (κ1) is 51.1. The van der Waals surface area contributed by atoms with Gasteiger partial charge in [-0.2, -0.15) is 10.2 Å². The molecule has 7 atom stereocenters. The molecule has 4 aromatic heterocycles. The number of fused-ring (bicyclic) bond motifs is 2. The zero-order valence-corrected chi connectivity index (χ0v) is 36.8. The van der Waals surface area contributed by atoms with Crippen LogP contribution in [0.5, 0.6) is 0 Å². The number of nitrogens with zero attached hydrogens (tertiary/aromatic N) is 8. The number of halogens is 2. The number of carbonyl (C=O) groups is 1. The molecule has 2 aliphatic heterocycles. The van der Waals surface area contributed by atoms with Crippen molar-refractivity contribution in [2.24, 2.45) is 11.8 Å². The maximum Gasteiger partial charge on any atom is 2.00 e. The van der Waals surface area contributed by atoms with Crippen molar-refractivity contribution in [3.8, 4) is 0 Å². The second kappa shape index (κ2) is 23.1. The predicted octanol–water partition coefficient (Wildman–Crippen LogP) is 2.60. The number of nitrogens with two attached hydrogens (primary N) is 2. The van der Waals surface area contributed by atoms with Crippen molar-refractivity contribution in [3.05, 3.63) is 115 Å². The van der Waals surface area contributed by atoms with E-state index < -0.39 is 18.0 Å². The van der Waals surface area contributed by atoms with Crippen molar-refractivity contribution in [3.63, 3.8) is 0 Å². The summed E-state index contributed by atoms with van der Waals surface area (Å²) in [6.07, 6.45) is 6.30. The molecular weight excluding hydrogens is 856 g/mol. The topological polar surface area (TPSA) is 212 Å². The number of carbonyl (C=O) groups excluding carboxylic acids is 1. The van der Waals surface area contributed by atoms with Gasteiger partial charge in [0.2, 0.25) is 5.79 Å². The predicted molar refractivity (Wildman–Crippen MR) is 225 cm³/mol. The van der Waals surface area contributed by atoms with Crippen molar-refractivity contribution in [1.29, 1.82) is 0 Å². The summed E-state index contributed by atoms with van der Waals surface area (Å²) in [6, 6.07) is 19.7. The summed E-state index contributed by atoms with van der Waals surface area (Å²) in [7, 11) is 0. The largest absolute Gasteiger partial charge is 2.00 e. The molecule has 0 saturated carbocycles. The molecule has 1 unspecified atom stereocenters. The summed E-state index contributed by atoms with van der Waals surface area (Å²) in [5.41, 5.74) is 14.8. The van der Waals surface area contributed by atoms with Gasteiger partial charge in [-0.3, -0.25) is 0 Å². The van der Waals surface area contributed by atoms with Crippen LogP contribution in [-0.2, 0) is 42.7 Å². The normalized spacial score (nSPS) is 22.9. The van der Waals surface area contributed by atoms with Crippen LogP contribution in [-0.4, -0.2) is 97.7 Å². The van der Waals surface area contributed by atoms with Gasteiger partial charge >= 0.3 is 29.0 Å². The monoisotopic (exact) mass is 906 g/mol. The van der Waals surface area contributed by atoms with E-state index in [0.717, 1.165) is 28.6 Å². The molecule has 16 nitrogen and oxygen atoms in total. The van der Waals surface area contributed by atoms with E-state index in [0.29, 0.717) is 36.0 Å². The molecule has 2 saturated heterocycles. The quantitative estimate of drug-likeness (QED) is 0.108. The minimum atomic E-state index is -1.69. The van der Waals surface area contributed by atoms with Crippen LogP contribution in [0.15, 0.2) is 90.3 Å². The van der Waals surface area contributed by atoms with E-state index in [-0.39, 0.29) is 86.1 Å². The average Bonchev–Trinajstić information content (AvgIpc) is 3.95. The average molecular weight is 909 g/mol. The molecule has 0 amide bonds. The summed E-state index contributed by atoms with van der Waals surface area (Å²) in [5, 5.41) is 19.6. The Bertz CT molecular complexity index is 2190. The molecule has 314 valence electrons. The van der Waals surface area contributed by atoms with E-state index >= 15 is 0 Å². The molecule has 6 aromatic rings. The zero-order chi connectivity index (χ0) is 39.1. The number of nitrogen functional groups attached to an aromatic ring is 2. The number of aromatic nitrogens is 8. The molecule has 0 bridgehead atoms. The second-order valence-corrected chi connectivity index (χ2v) is 14.1. The summed E-state index contributed by atoms with van der Waals surface area (Å²) in [5.74, 6) is -1.18. The van der Waals surface area contributed by atoms with Gasteiger partial charge in [-0.25, -0.2) is 33.8 Å².